The van der Waals surface area contributed by atoms with E-state index in [1.54, 1.807) is 24.3 Å². The van der Waals surface area contributed by atoms with Crippen LogP contribution in [0.5, 0.6) is 5.75 Å². The molecule has 0 saturated heterocycles. The van der Waals surface area contributed by atoms with Gasteiger partial charge in [-0.25, -0.2) is 8.42 Å². The number of carbonyl (C=O) groups is 1. The molecule has 0 aliphatic heterocycles. The molecular formula is C15H22N2O4S. The minimum atomic E-state index is -3.43. The van der Waals surface area contributed by atoms with Gasteiger partial charge in [0.1, 0.15) is 5.75 Å². The summed E-state index contributed by atoms with van der Waals surface area (Å²) in [5, 5.41) is 2.81. The number of ether oxygens (including phenoxy) is 1. The van der Waals surface area contributed by atoms with Gasteiger partial charge in [-0.15, -0.1) is 0 Å². The first kappa shape index (κ1) is 16.6. The van der Waals surface area contributed by atoms with Crippen molar-refractivity contribution in [3.05, 3.63) is 24.3 Å². The van der Waals surface area contributed by atoms with E-state index < -0.39 is 10.0 Å². The lowest BCUT2D eigenvalue weighted by atomic mass is 9.85. The summed E-state index contributed by atoms with van der Waals surface area (Å²) in [5.74, 6) is 0.707. The van der Waals surface area contributed by atoms with E-state index in [1.165, 1.54) is 11.4 Å². The average Bonchev–Trinajstić information content (AvgIpc) is 2.40. The highest BCUT2D eigenvalue weighted by Gasteiger charge is 2.25. The van der Waals surface area contributed by atoms with Gasteiger partial charge in [0.15, 0.2) is 0 Å². The number of amides is 1. The van der Waals surface area contributed by atoms with E-state index in [9.17, 15) is 13.2 Å². The lowest BCUT2D eigenvalue weighted by molar-refractivity contribution is -0.127. The van der Waals surface area contributed by atoms with Crippen LogP contribution in [0.2, 0.25) is 0 Å². The summed E-state index contributed by atoms with van der Waals surface area (Å²) in [6.45, 7) is 0.490. The Labute approximate surface area is 131 Å². The molecule has 1 aromatic rings. The van der Waals surface area contributed by atoms with Crippen molar-refractivity contribution in [1.82, 2.24) is 5.32 Å². The van der Waals surface area contributed by atoms with Gasteiger partial charge in [-0.3, -0.25) is 9.10 Å². The molecule has 122 valence electrons. The molecule has 0 radical (unpaired) electrons. The first-order valence-corrected chi connectivity index (χ1v) is 9.16. The molecule has 2 rings (SSSR count). The molecule has 0 atom stereocenters. The Bertz CT molecular complexity index is 626. The first-order valence-electron chi connectivity index (χ1n) is 7.31. The second-order valence-corrected chi connectivity index (χ2v) is 7.36. The van der Waals surface area contributed by atoms with E-state index in [2.05, 4.69) is 5.32 Å². The van der Waals surface area contributed by atoms with E-state index in [0.717, 1.165) is 25.5 Å². The number of hydrogen-bond donors (Lipinski definition) is 1. The van der Waals surface area contributed by atoms with Gasteiger partial charge in [0, 0.05) is 18.5 Å². The highest BCUT2D eigenvalue weighted by molar-refractivity contribution is 7.92. The molecule has 7 heteroatoms. The van der Waals surface area contributed by atoms with Gasteiger partial charge < -0.3 is 10.1 Å². The number of nitrogens with zero attached hydrogens (tertiary/aromatic N) is 1. The van der Waals surface area contributed by atoms with Gasteiger partial charge in [0.2, 0.25) is 15.9 Å². The second kappa shape index (κ2) is 7.00. The van der Waals surface area contributed by atoms with Crippen molar-refractivity contribution < 1.29 is 17.9 Å². The van der Waals surface area contributed by atoms with E-state index in [1.807, 2.05) is 0 Å². The molecule has 0 bridgehead atoms. The van der Waals surface area contributed by atoms with E-state index in [4.69, 9.17) is 4.74 Å². The lowest BCUT2D eigenvalue weighted by Gasteiger charge is -2.26. The van der Waals surface area contributed by atoms with Crippen molar-refractivity contribution in [2.75, 3.05) is 30.8 Å². The van der Waals surface area contributed by atoms with Crippen LogP contribution in [-0.2, 0) is 14.8 Å². The van der Waals surface area contributed by atoms with Crippen LogP contribution in [0.25, 0.3) is 0 Å². The van der Waals surface area contributed by atoms with Crippen molar-refractivity contribution in [2.45, 2.75) is 19.3 Å². The SMILES string of the molecule is COc1cccc(N(CCNC(=O)C2CCC2)S(C)(=O)=O)c1. The van der Waals surface area contributed by atoms with Crippen molar-refractivity contribution in [1.29, 1.82) is 0 Å². The molecule has 6 nitrogen and oxygen atoms in total. The van der Waals surface area contributed by atoms with Crippen LogP contribution in [0, 0.1) is 5.92 Å². The third-order valence-corrected chi connectivity index (χ3v) is 5.03. The van der Waals surface area contributed by atoms with Crippen LogP contribution in [-0.4, -0.2) is 40.8 Å². The van der Waals surface area contributed by atoms with Crippen LogP contribution < -0.4 is 14.4 Å². The monoisotopic (exact) mass is 326 g/mol. The smallest absolute Gasteiger partial charge is 0.232 e. The summed E-state index contributed by atoms with van der Waals surface area (Å²) in [7, 11) is -1.90. The first-order chi connectivity index (χ1) is 10.4. The van der Waals surface area contributed by atoms with Crippen molar-refractivity contribution in [3.8, 4) is 5.75 Å². The molecule has 1 aliphatic rings. The van der Waals surface area contributed by atoms with Crippen molar-refractivity contribution in [2.24, 2.45) is 5.92 Å². The van der Waals surface area contributed by atoms with E-state index >= 15 is 0 Å². The van der Waals surface area contributed by atoms with Gasteiger partial charge >= 0.3 is 0 Å². The van der Waals surface area contributed by atoms with E-state index in [0.29, 0.717) is 18.0 Å². The van der Waals surface area contributed by atoms with Crippen molar-refractivity contribution >= 4 is 21.6 Å². The Kier molecular flexibility index (Phi) is 5.28. The molecular weight excluding hydrogens is 304 g/mol. The number of sulfonamides is 1. The third kappa shape index (κ3) is 4.13. The van der Waals surface area contributed by atoms with Crippen LogP contribution in [0.15, 0.2) is 24.3 Å². The molecule has 0 spiro atoms. The predicted molar refractivity (Wildman–Crippen MR) is 85.5 cm³/mol. The van der Waals surface area contributed by atoms with E-state index in [-0.39, 0.29) is 18.4 Å². The fraction of sp³-hybridized carbons (Fsp3) is 0.533. The van der Waals surface area contributed by atoms with Gasteiger partial charge in [0.05, 0.1) is 25.6 Å². The third-order valence-electron chi connectivity index (χ3n) is 3.83. The molecule has 1 saturated carbocycles. The Hall–Kier alpha value is -1.76. The number of methoxy groups -OCH3 is 1. The maximum Gasteiger partial charge on any atom is 0.232 e. The summed E-state index contributed by atoms with van der Waals surface area (Å²) >= 11 is 0. The minimum Gasteiger partial charge on any atom is -0.497 e. The molecule has 1 amide bonds. The Balaban J connectivity index is 2.01. The summed E-state index contributed by atoms with van der Waals surface area (Å²) in [5.41, 5.74) is 0.528. The Morgan fingerprint density at radius 2 is 2.14 bits per heavy atom. The molecule has 1 fully saturated rings. The zero-order chi connectivity index (χ0) is 16.2. The van der Waals surface area contributed by atoms with Gasteiger partial charge in [-0.1, -0.05) is 12.5 Å². The molecule has 1 aliphatic carbocycles. The van der Waals surface area contributed by atoms with Gasteiger partial charge in [0.25, 0.3) is 0 Å². The molecule has 0 aromatic heterocycles. The number of carbonyl (C=O) groups excluding carboxylic acids is 1. The summed E-state index contributed by atoms with van der Waals surface area (Å²) in [6.07, 6.45) is 4.10. The standard InChI is InChI=1S/C15H22N2O4S/c1-21-14-8-4-7-13(11-14)17(22(2,19)20)10-9-16-15(18)12-5-3-6-12/h4,7-8,11-12H,3,5-6,9-10H2,1-2H3,(H,16,18). The van der Waals surface area contributed by atoms with Crippen LogP contribution in [0.1, 0.15) is 19.3 Å². The number of benzene rings is 1. The Morgan fingerprint density at radius 3 is 2.68 bits per heavy atom. The Morgan fingerprint density at radius 1 is 1.41 bits per heavy atom. The number of rotatable bonds is 7. The zero-order valence-electron chi connectivity index (χ0n) is 12.9. The molecule has 0 unspecified atom stereocenters. The van der Waals surface area contributed by atoms with Crippen molar-refractivity contribution in [3.63, 3.8) is 0 Å². The second-order valence-electron chi connectivity index (χ2n) is 5.46. The van der Waals surface area contributed by atoms with Crippen LogP contribution >= 0.6 is 0 Å². The maximum atomic E-state index is 12.0. The summed E-state index contributed by atoms with van der Waals surface area (Å²) < 4.78 is 30.4. The average molecular weight is 326 g/mol. The highest BCUT2D eigenvalue weighted by Crippen LogP contribution is 2.26. The highest BCUT2D eigenvalue weighted by atomic mass is 32.2. The molecule has 0 heterocycles. The topological polar surface area (TPSA) is 75.7 Å². The lowest BCUT2D eigenvalue weighted by Crippen LogP contribution is -2.41. The fourth-order valence-electron chi connectivity index (χ4n) is 2.35. The minimum absolute atomic E-state index is 0.0188. The number of nitrogens with one attached hydrogen (secondary N) is 1. The fourth-order valence-corrected chi connectivity index (χ4v) is 3.27. The zero-order valence-corrected chi connectivity index (χ0v) is 13.7. The summed E-state index contributed by atoms with van der Waals surface area (Å²) in [6, 6.07) is 6.85. The largest absolute Gasteiger partial charge is 0.497 e. The quantitative estimate of drug-likeness (QED) is 0.821. The number of hydrogen-bond acceptors (Lipinski definition) is 4. The normalized spacial score (nSPS) is 15.0. The van der Waals surface area contributed by atoms with Crippen LogP contribution in [0.3, 0.4) is 0 Å². The molecule has 1 N–H and O–H groups in total. The molecule has 22 heavy (non-hydrogen) atoms. The van der Waals surface area contributed by atoms with Crippen LogP contribution in [0.4, 0.5) is 5.69 Å². The van der Waals surface area contributed by atoms with Gasteiger partial charge in [-0.2, -0.15) is 0 Å². The van der Waals surface area contributed by atoms with Gasteiger partial charge in [-0.05, 0) is 25.0 Å². The number of anilines is 1. The molecule has 1 aromatic carbocycles. The summed E-state index contributed by atoms with van der Waals surface area (Å²) in [4.78, 5) is 11.8. The maximum absolute atomic E-state index is 12.0. The predicted octanol–water partition coefficient (Wildman–Crippen LogP) is 1.38.